The van der Waals surface area contributed by atoms with E-state index in [4.69, 9.17) is 0 Å². The van der Waals surface area contributed by atoms with Crippen LogP contribution < -0.4 is 0 Å². The lowest BCUT2D eigenvalue weighted by atomic mass is 9.86. The summed E-state index contributed by atoms with van der Waals surface area (Å²) in [4.78, 5) is 0. The summed E-state index contributed by atoms with van der Waals surface area (Å²) in [5.41, 5.74) is 1.77. The lowest BCUT2D eigenvalue weighted by Gasteiger charge is -2.19. The Morgan fingerprint density at radius 3 is 2.80 bits per heavy atom. The fourth-order valence-corrected chi connectivity index (χ4v) is 3.23. The summed E-state index contributed by atoms with van der Waals surface area (Å²) < 4.78 is 0. The molecule has 0 heteroatoms. The average Bonchev–Trinajstić information content (AvgIpc) is 2.61. The molecule has 2 aliphatic rings. The van der Waals surface area contributed by atoms with E-state index in [0.29, 0.717) is 0 Å². The molecule has 0 spiro atoms. The minimum absolute atomic E-state index is 0.829. The van der Waals surface area contributed by atoms with Crippen LogP contribution >= 0.6 is 0 Å². The summed E-state index contributed by atoms with van der Waals surface area (Å²) in [6, 6.07) is 0. The third-order valence-corrected chi connectivity index (χ3v) is 4.13. The first-order valence-corrected chi connectivity index (χ1v) is 6.65. The van der Waals surface area contributed by atoms with Gasteiger partial charge in [-0.2, -0.15) is 0 Å². The van der Waals surface area contributed by atoms with E-state index in [1.54, 1.807) is 5.57 Å². The highest BCUT2D eigenvalue weighted by Crippen LogP contribution is 2.43. The van der Waals surface area contributed by atoms with Gasteiger partial charge in [0, 0.05) is 0 Å². The van der Waals surface area contributed by atoms with Crippen LogP contribution in [0.3, 0.4) is 0 Å². The zero-order chi connectivity index (χ0) is 10.7. The van der Waals surface area contributed by atoms with Gasteiger partial charge in [-0.3, -0.25) is 0 Å². The molecule has 2 aliphatic carbocycles. The molecule has 1 saturated carbocycles. The molecule has 1 fully saturated rings. The molecule has 0 bridgehead atoms. The predicted octanol–water partition coefficient (Wildman–Crippen LogP) is 4.73. The van der Waals surface area contributed by atoms with Crippen molar-refractivity contribution < 1.29 is 0 Å². The zero-order valence-electron chi connectivity index (χ0n) is 10.2. The second-order valence-electron chi connectivity index (χ2n) is 5.50. The molecule has 0 aliphatic heterocycles. The molecule has 2 unspecified atom stereocenters. The lowest BCUT2D eigenvalue weighted by Crippen LogP contribution is -2.08. The quantitative estimate of drug-likeness (QED) is 0.579. The number of rotatable bonds is 1. The molecule has 84 valence electrons. The fraction of sp³-hybridized carbons (Fsp3) is 0.733. The smallest absolute Gasteiger partial charge is 0.0174 e. The summed E-state index contributed by atoms with van der Waals surface area (Å²) >= 11 is 0. The summed E-state index contributed by atoms with van der Waals surface area (Å²) in [7, 11) is 0. The number of hydrogen-bond donors (Lipinski definition) is 0. The van der Waals surface area contributed by atoms with Gasteiger partial charge >= 0.3 is 0 Å². The first-order valence-electron chi connectivity index (χ1n) is 6.65. The molecule has 2 rings (SSSR count). The van der Waals surface area contributed by atoms with Crippen molar-refractivity contribution >= 4 is 0 Å². The topological polar surface area (TPSA) is 0 Å². The van der Waals surface area contributed by atoms with Gasteiger partial charge in [-0.25, -0.2) is 0 Å². The molecule has 0 saturated heterocycles. The van der Waals surface area contributed by atoms with E-state index in [2.05, 4.69) is 32.1 Å². The van der Waals surface area contributed by atoms with Crippen molar-refractivity contribution in [1.82, 2.24) is 0 Å². The molecule has 0 aromatic heterocycles. The van der Waals surface area contributed by atoms with E-state index in [1.165, 1.54) is 38.5 Å². The van der Waals surface area contributed by atoms with Crippen LogP contribution in [0, 0.1) is 17.8 Å². The normalized spacial score (nSPS) is 31.8. The van der Waals surface area contributed by atoms with Crippen LogP contribution in [0.15, 0.2) is 23.8 Å². The van der Waals surface area contributed by atoms with Crippen molar-refractivity contribution in [2.75, 3.05) is 0 Å². The fourth-order valence-electron chi connectivity index (χ4n) is 3.23. The number of fused-ring (bicyclic) bond motifs is 1. The Bertz CT molecular complexity index is 257. The Balaban J connectivity index is 2.15. The van der Waals surface area contributed by atoms with Crippen molar-refractivity contribution in [3.63, 3.8) is 0 Å². The van der Waals surface area contributed by atoms with Crippen molar-refractivity contribution in [2.45, 2.75) is 52.4 Å². The Labute approximate surface area is 94.5 Å². The average molecular weight is 204 g/mol. The Morgan fingerprint density at radius 2 is 2.00 bits per heavy atom. The summed E-state index contributed by atoms with van der Waals surface area (Å²) in [6.45, 7) is 4.76. The summed E-state index contributed by atoms with van der Waals surface area (Å²) in [5.74, 6) is 2.62. The molecule has 0 N–H and O–H groups in total. The number of allylic oxidation sites excluding steroid dienone is 4. The van der Waals surface area contributed by atoms with E-state index in [0.717, 1.165) is 17.8 Å². The summed E-state index contributed by atoms with van der Waals surface area (Å²) in [6.07, 6.45) is 15.5. The Morgan fingerprint density at radius 1 is 1.13 bits per heavy atom. The molecular weight excluding hydrogens is 180 g/mol. The highest BCUT2D eigenvalue weighted by Gasteiger charge is 2.31. The van der Waals surface area contributed by atoms with E-state index >= 15 is 0 Å². The Kier molecular flexibility index (Phi) is 3.66. The maximum atomic E-state index is 2.44. The van der Waals surface area contributed by atoms with E-state index in [1.807, 2.05) is 0 Å². The molecule has 15 heavy (non-hydrogen) atoms. The van der Waals surface area contributed by atoms with Crippen molar-refractivity contribution in [3.05, 3.63) is 23.8 Å². The minimum atomic E-state index is 0.829. The van der Waals surface area contributed by atoms with Crippen LogP contribution in [0.2, 0.25) is 0 Å². The molecule has 0 radical (unpaired) electrons. The van der Waals surface area contributed by atoms with Gasteiger partial charge in [-0.15, -0.1) is 0 Å². The first kappa shape index (κ1) is 11.0. The Hall–Kier alpha value is -0.520. The molecule has 0 heterocycles. The van der Waals surface area contributed by atoms with E-state index < -0.39 is 0 Å². The van der Waals surface area contributed by atoms with Gasteiger partial charge in [0.2, 0.25) is 0 Å². The predicted molar refractivity (Wildman–Crippen MR) is 66.7 cm³/mol. The third kappa shape index (κ3) is 2.53. The van der Waals surface area contributed by atoms with Gasteiger partial charge in [-0.05, 0) is 49.9 Å². The molecule has 0 aromatic carbocycles. The van der Waals surface area contributed by atoms with E-state index in [-0.39, 0.29) is 0 Å². The van der Waals surface area contributed by atoms with Gasteiger partial charge in [-0.1, -0.05) is 44.1 Å². The highest BCUT2D eigenvalue weighted by molar-refractivity contribution is 5.22. The number of hydrogen-bond acceptors (Lipinski definition) is 0. The van der Waals surface area contributed by atoms with Gasteiger partial charge in [0.15, 0.2) is 0 Å². The minimum Gasteiger partial charge on any atom is -0.0845 e. The van der Waals surface area contributed by atoms with Crippen LogP contribution in [0.5, 0.6) is 0 Å². The molecule has 0 aromatic rings. The maximum Gasteiger partial charge on any atom is -0.0174 e. The largest absolute Gasteiger partial charge is 0.0845 e. The van der Waals surface area contributed by atoms with Gasteiger partial charge < -0.3 is 0 Å². The zero-order valence-corrected chi connectivity index (χ0v) is 10.2. The van der Waals surface area contributed by atoms with Crippen LogP contribution in [-0.4, -0.2) is 0 Å². The van der Waals surface area contributed by atoms with Crippen molar-refractivity contribution in [3.8, 4) is 0 Å². The van der Waals surface area contributed by atoms with Crippen LogP contribution in [0.1, 0.15) is 52.4 Å². The van der Waals surface area contributed by atoms with Gasteiger partial charge in [0.1, 0.15) is 0 Å². The molecule has 2 atom stereocenters. The van der Waals surface area contributed by atoms with E-state index in [9.17, 15) is 0 Å². The molecular formula is C15H24. The monoisotopic (exact) mass is 204 g/mol. The molecule has 0 nitrogen and oxygen atoms in total. The summed E-state index contributed by atoms with van der Waals surface area (Å²) in [5, 5.41) is 0. The second-order valence-corrected chi connectivity index (χ2v) is 5.50. The van der Waals surface area contributed by atoms with Gasteiger partial charge in [0.05, 0.1) is 0 Å². The SMILES string of the molecule is CC(C)C1CCC2CCCCC=CC=C21. The standard InChI is InChI=1S/C15H24/c1-12(2)14-11-10-13-8-6-4-3-5-7-9-15(13)14/h5,7,9,12-14H,3-4,6,8,10-11H2,1-2H3. The van der Waals surface area contributed by atoms with Crippen LogP contribution in [0.4, 0.5) is 0 Å². The molecule has 0 amide bonds. The van der Waals surface area contributed by atoms with Gasteiger partial charge in [0.25, 0.3) is 0 Å². The highest BCUT2D eigenvalue weighted by atomic mass is 14.4. The second kappa shape index (κ2) is 5.01. The van der Waals surface area contributed by atoms with Crippen molar-refractivity contribution in [1.29, 1.82) is 0 Å². The van der Waals surface area contributed by atoms with Crippen LogP contribution in [0.25, 0.3) is 0 Å². The lowest BCUT2D eigenvalue weighted by molar-refractivity contribution is 0.451. The van der Waals surface area contributed by atoms with Crippen molar-refractivity contribution in [2.24, 2.45) is 17.8 Å². The third-order valence-electron chi connectivity index (χ3n) is 4.13. The first-order chi connectivity index (χ1) is 7.29. The van der Waals surface area contributed by atoms with Crippen LogP contribution in [-0.2, 0) is 0 Å². The maximum absolute atomic E-state index is 2.44.